The molecule has 1 aliphatic heterocycles. The number of halogens is 6. The summed E-state index contributed by atoms with van der Waals surface area (Å²) in [4.78, 5) is 14.7. The number of alkyl halides is 6. The van der Waals surface area contributed by atoms with E-state index in [0.29, 0.717) is 29.2 Å². The van der Waals surface area contributed by atoms with Crippen LogP contribution in [0.3, 0.4) is 0 Å². The van der Waals surface area contributed by atoms with Crippen LogP contribution in [0.5, 0.6) is 0 Å². The predicted molar refractivity (Wildman–Crippen MR) is 159 cm³/mol. The molecule has 0 aliphatic carbocycles. The average Bonchev–Trinajstić information content (AvgIpc) is 2.97. The van der Waals surface area contributed by atoms with Gasteiger partial charge in [0.25, 0.3) is 0 Å². The lowest BCUT2D eigenvalue weighted by Crippen LogP contribution is -2.37. The molecule has 1 aliphatic rings. The highest BCUT2D eigenvalue weighted by molar-refractivity contribution is 5.74. The van der Waals surface area contributed by atoms with Crippen molar-refractivity contribution in [1.29, 1.82) is 0 Å². The number of benzene rings is 3. The minimum Gasteiger partial charge on any atom is -0.466 e. The van der Waals surface area contributed by atoms with Crippen LogP contribution in [0, 0.1) is 5.92 Å². The van der Waals surface area contributed by atoms with Crippen LogP contribution in [0.1, 0.15) is 86.2 Å². The summed E-state index contributed by atoms with van der Waals surface area (Å²) in [6.07, 6.45) is -5.34. The number of rotatable bonds is 10. The summed E-state index contributed by atoms with van der Waals surface area (Å²) < 4.78 is 84.5. The van der Waals surface area contributed by atoms with Gasteiger partial charge in [-0.05, 0) is 103 Å². The van der Waals surface area contributed by atoms with E-state index in [4.69, 9.17) is 4.74 Å². The van der Waals surface area contributed by atoms with Gasteiger partial charge in [-0.25, -0.2) is 0 Å². The molecule has 0 N–H and O–H groups in total. The highest BCUT2D eigenvalue weighted by atomic mass is 19.4. The number of hydrogen-bond acceptors (Lipinski definition) is 3. The molecule has 2 atom stereocenters. The van der Waals surface area contributed by atoms with Gasteiger partial charge in [-0.15, -0.1) is 0 Å². The number of likely N-dealkylation sites (tertiary alicyclic amines) is 1. The molecule has 0 radical (unpaired) electrons. The van der Waals surface area contributed by atoms with E-state index in [2.05, 4.69) is 18.7 Å². The first-order valence-corrected chi connectivity index (χ1v) is 15.1. The molecule has 0 saturated carbocycles. The first kappa shape index (κ1) is 33.6. The van der Waals surface area contributed by atoms with Crippen LogP contribution in [-0.4, -0.2) is 30.6 Å². The Bertz CT molecular complexity index is 1380. The van der Waals surface area contributed by atoms with Crippen LogP contribution in [0.4, 0.5) is 26.3 Å². The normalized spacial score (nSPS) is 17.1. The van der Waals surface area contributed by atoms with Crippen LogP contribution in [0.15, 0.2) is 66.7 Å². The summed E-state index contributed by atoms with van der Waals surface area (Å²) in [6, 6.07) is 16.2. The van der Waals surface area contributed by atoms with Crippen molar-refractivity contribution in [3.63, 3.8) is 0 Å². The van der Waals surface area contributed by atoms with Crippen molar-refractivity contribution in [2.45, 2.75) is 77.2 Å². The van der Waals surface area contributed by atoms with Gasteiger partial charge in [0.1, 0.15) is 0 Å². The Morgan fingerprint density at radius 2 is 1.48 bits per heavy atom. The monoisotopic (exact) mass is 619 g/mol. The van der Waals surface area contributed by atoms with Crippen molar-refractivity contribution in [2.24, 2.45) is 5.92 Å². The molecule has 3 aromatic carbocycles. The summed E-state index contributed by atoms with van der Waals surface area (Å²) in [7, 11) is 0. The summed E-state index contributed by atoms with van der Waals surface area (Å²) in [5, 5.41) is 0. The zero-order valence-electron chi connectivity index (χ0n) is 25.3. The number of carbonyl (C=O) groups is 1. The first-order chi connectivity index (χ1) is 20.7. The molecule has 0 spiro atoms. The molecule has 4 rings (SSSR count). The van der Waals surface area contributed by atoms with Gasteiger partial charge in [0.05, 0.1) is 24.2 Å². The lowest BCUT2D eigenvalue weighted by atomic mass is 9.85. The second kappa shape index (κ2) is 14.2. The standard InChI is InChI=1S/C35H39F6NO2/c1-4-44-33(43)20-24-18-28(25-8-12-30(13-9-25)34(36,37)38)21-29(19-24)27-6-5-17-42(22-27)32(16-7-23(2)3)26-10-14-31(15-11-26)35(39,40)41/h8-15,18-19,21,23,27,32H,4-7,16-17,20,22H2,1-3H3. The predicted octanol–water partition coefficient (Wildman–Crippen LogP) is 9.85. The summed E-state index contributed by atoms with van der Waals surface area (Å²) in [5.74, 6) is 0.109. The lowest BCUT2D eigenvalue weighted by molar-refractivity contribution is -0.142. The molecule has 1 saturated heterocycles. The molecule has 44 heavy (non-hydrogen) atoms. The topological polar surface area (TPSA) is 29.5 Å². The molecule has 3 nitrogen and oxygen atoms in total. The number of hydrogen-bond donors (Lipinski definition) is 0. The summed E-state index contributed by atoms with van der Waals surface area (Å²) in [6.45, 7) is 7.68. The molecule has 1 heterocycles. The summed E-state index contributed by atoms with van der Waals surface area (Å²) in [5.41, 5.74) is 2.45. The molecule has 0 bridgehead atoms. The number of piperidine rings is 1. The molecule has 9 heteroatoms. The maximum absolute atomic E-state index is 13.3. The Balaban J connectivity index is 1.66. The van der Waals surface area contributed by atoms with E-state index in [-0.39, 0.29) is 31.0 Å². The van der Waals surface area contributed by atoms with E-state index in [1.165, 1.54) is 12.1 Å². The minimum atomic E-state index is -4.44. The largest absolute Gasteiger partial charge is 0.466 e. The van der Waals surface area contributed by atoms with E-state index in [1.807, 2.05) is 18.2 Å². The van der Waals surface area contributed by atoms with E-state index in [0.717, 1.165) is 67.6 Å². The maximum Gasteiger partial charge on any atom is 0.416 e. The number of ether oxygens (including phenoxy) is 1. The van der Waals surface area contributed by atoms with Crippen molar-refractivity contribution >= 4 is 5.97 Å². The third kappa shape index (κ3) is 8.87. The Hall–Kier alpha value is -3.33. The fraction of sp³-hybridized carbons (Fsp3) is 0.457. The fourth-order valence-electron chi connectivity index (χ4n) is 5.96. The Labute approximate surface area is 255 Å². The number of nitrogens with zero attached hydrogens (tertiary/aromatic N) is 1. The third-order valence-electron chi connectivity index (χ3n) is 8.22. The van der Waals surface area contributed by atoms with Gasteiger partial charge >= 0.3 is 18.3 Å². The van der Waals surface area contributed by atoms with Gasteiger partial charge in [-0.1, -0.05) is 56.3 Å². The van der Waals surface area contributed by atoms with Gasteiger partial charge in [-0.2, -0.15) is 26.3 Å². The van der Waals surface area contributed by atoms with Crippen molar-refractivity contribution in [1.82, 2.24) is 4.90 Å². The van der Waals surface area contributed by atoms with E-state index in [1.54, 1.807) is 19.1 Å². The van der Waals surface area contributed by atoms with Crippen molar-refractivity contribution in [2.75, 3.05) is 19.7 Å². The molecule has 238 valence electrons. The highest BCUT2D eigenvalue weighted by Crippen LogP contribution is 2.38. The highest BCUT2D eigenvalue weighted by Gasteiger charge is 2.33. The SMILES string of the molecule is CCOC(=O)Cc1cc(-c2ccc(C(F)(F)F)cc2)cc(C2CCCN(C(CCC(C)C)c3ccc(C(F)(F)F)cc3)C2)c1. The van der Waals surface area contributed by atoms with Gasteiger partial charge in [0, 0.05) is 12.6 Å². The van der Waals surface area contributed by atoms with Gasteiger partial charge in [-0.3, -0.25) is 9.69 Å². The van der Waals surface area contributed by atoms with E-state index < -0.39 is 23.5 Å². The van der Waals surface area contributed by atoms with Crippen LogP contribution in [-0.2, 0) is 28.3 Å². The summed E-state index contributed by atoms with van der Waals surface area (Å²) >= 11 is 0. The molecule has 0 amide bonds. The lowest BCUT2D eigenvalue weighted by Gasteiger charge is -2.39. The van der Waals surface area contributed by atoms with Gasteiger partial charge < -0.3 is 4.74 Å². The zero-order chi connectivity index (χ0) is 32.1. The zero-order valence-corrected chi connectivity index (χ0v) is 25.3. The molecule has 1 fully saturated rings. The molecule has 0 aromatic heterocycles. The second-order valence-electron chi connectivity index (χ2n) is 12.0. The molecular formula is C35H39F6NO2. The van der Waals surface area contributed by atoms with Crippen LogP contribution >= 0.6 is 0 Å². The maximum atomic E-state index is 13.3. The van der Waals surface area contributed by atoms with Crippen LogP contribution in [0.2, 0.25) is 0 Å². The van der Waals surface area contributed by atoms with Crippen molar-refractivity contribution in [3.05, 3.63) is 94.5 Å². The minimum absolute atomic E-state index is 0.0360. The molecular weight excluding hydrogens is 580 g/mol. The number of carbonyl (C=O) groups excluding carboxylic acids is 1. The average molecular weight is 620 g/mol. The fourth-order valence-corrected chi connectivity index (χ4v) is 5.96. The van der Waals surface area contributed by atoms with E-state index >= 15 is 0 Å². The quantitative estimate of drug-likeness (QED) is 0.167. The van der Waals surface area contributed by atoms with Crippen molar-refractivity contribution in [3.8, 4) is 11.1 Å². The third-order valence-corrected chi connectivity index (χ3v) is 8.22. The van der Waals surface area contributed by atoms with E-state index in [9.17, 15) is 31.1 Å². The van der Waals surface area contributed by atoms with Crippen LogP contribution in [0.25, 0.3) is 11.1 Å². The Morgan fingerprint density at radius 3 is 2.05 bits per heavy atom. The van der Waals surface area contributed by atoms with Crippen LogP contribution < -0.4 is 0 Å². The molecule has 3 aromatic rings. The second-order valence-corrected chi connectivity index (χ2v) is 12.0. The number of esters is 1. The Morgan fingerprint density at radius 1 is 0.864 bits per heavy atom. The first-order valence-electron chi connectivity index (χ1n) is 15.1. The van der Waals surface area contributed by atoms with Gasteiger partial charge in [0.2, 0.25) is 0 Å². The molecule has 2 unspecified atom stereocenters. The Kier molecular flexibility index (Phi) is 10.8. The van der Waals surface area contributed by atoms with Gasteiger partial charge in [0.15, 0.2) is 0 Å². The smallest absolute Gasteiger partial charge is 0.416 e. The van der Waals surface area contributed by atoms with Crippen molar-refractivity contribution < 1.29 is 35.9 Å².